The van der Waals surface area contributed by atoms with Crippen LogP contribution in [0.15, 0.2) is 12.3 Å². The van der Waals surface area contributed by atoms with Crippen molar-refractivity contribution in [1.82, 2.24) is 9.97 Å². The first-order valence-corrected chi connectivity index (χ1v) is 5.36. The van der Waals surface area contributed by atoms with Gasteiger partial charge in [-0.1, -0.05) is 0 Å². The van der Waals surface area contributed by atoms with Crippen molar-refractivity contribution in [3.63, 3.8) is 0 Å². The molecule has 1 unspecified atom stereocenters. The second-order valence-corrected chi connectivity index (χ2v) is 4.08. The van der Waals surface area contributed by atoms with E-state index in [-0.39, 0.29) is 5.95 Å². The van der Waals surface area contributed by atoms with Crippen LogP contribution < -0.4 is 10.6 Å². The minimum absolute atomic E-state index is 0.135. The summed E-state index contributed by atoms with van der Waals surface area (Å²) in [6, 6.07) is 0.875. The first-order chi connectivity index (χ1) is 8.00. The molecule has 2 N–H and O–H groups in total. The maximum atomic E-state index is 12.5. The first-order valence-electron chi connectivity index (χ1n) is 5.36. The molecule has 1 aliphatic heterocycles. The molecule has 7 heteroatoms. The third kappa shape index (κ3) is 2.66. The van der Waals surface area contributed by atoms with E-state index in [9.17, 15) is 13.2 Å². The molecule has 1 atom stereocenters. The number of anilines is 1. The highest BCUT2D eigenvalue weighted by Crippen LogP contribution is 2.29. The second kappa shape index (κ2) is 4.48. The number of rotatable bonds is 2. The normalized spacial score (nSPS) is 20.9. The van der Waals surface area contributed by atoms with Crippen LogP contribution in [0.3, 0.4) is 0 Å². The van der Waals surface area contributed by atoms with Crippen LogP contribution in [0.4, 0.5) is 19.1 Å². The molecule has 94 valence electrons. The first kappa shape index (κ1) is 12.1. The molecule has 1 aromatic rings. The highest BCUT2D eigenvalue weighted by Gasteiger charge is 2.33. The van der Waals surface area contributed by atoms with Gasteiger partial charge in [-0.2, -0.15) is 13.2 Å². The van der Waals surface area contributed by atoms with E-state index in [1.54, 1.807) is 4.90 Å². The number of nitrogens with zero attached hydrogens (tertiary/aromatic N) is 3. The zero-order valence-electron chi connectivity index (χ0n) is 9.11. The van der Waals surface area contributed by atoms with Gasteiger partial charge in [0.15, 0.2) is 0 Å². The van der Waals surface area contributed by atoms with Crippen molar-refractivity contribution in [2.45, 2.75) is 12.6 Å². The fourth-order valence-electron chi connectivity index (χ4n) is 1.87. The molecule has 0 spiro atoms. The van der Waals surface area contributed by atoms with E-state index < -0.39 is 11.9 Å². The lowest BCUT2D eigenvalue weighted by Gasteiger charge is -2.17. The van der Waals surface area contributed by atoms with Gasteiger partial charge in [0, 0.05) is 19.3 Å². The maximum Gasteiger partial charge on any atom is 0.433 e. The molecule has 0 aromatic carbocycles. The topological polar surface area (TPSA) is 55.0 Å². The highest BCUT2D eigenvalue weighted by atomic mass is 19.4. The van der Waals surface area contributed by atoms with Crippen molar-refractivity contribution in [3.05, 3.63) is 18.0 Å². The van der Waals surface area contributed by atoms with Crippen LogP contribution in [-0.2, 0) is 6.18 Å². The Balaban J connectivity index is 2.17. The molecule has 1 aromatic heterocycles. The molecule has 0 radical (unpaired) electrons. The number of hydrogen-bond acceptors (Lipinski definition) is 4. The van der Waals surface area contributed by atoms with Crippen molar-refractivity contribution in [1.29, 1.82) is 0 Å². The monoisotopic (exact) mass is 246 g/mol. The Kier molecular flexibility index (Phi) is 3.19. The van der Waals surface area contributed by atoms with Crippen LogP contribution in [0, 0.1) is 5.92 Å². The Hall–Kier alpha value is -1.37. The Morgan fingerprint density at radius 3 is 2.82 bits per heavy atom. The Labute approximate surface area is 96.7 Å². The molecule has 2 rings (SSSR count). The summed E-state index contributed by atoms with van der Waals surface area (Å²) in [4.78, 5) is 9.16. The average molecular weight is 246 g/mol. The summed E-state index contributed by atoms with van der Waals surface area (Å²) in [6.07, 6.45) is -2.41. The van der Waals surface area contributed by atoms with Gasteiger partial charge in [-0.25, -0.2) is 9.97 Å². The van der Waals surface area contributed by atoms with Crippen molar-refractivity contribution in [3.8, 4) is 0 Å². The summed E-state index contributed by atoms with van der Waals surface area (Å²) >= 11 is 0. The molecule has 0 aliphatic carbocycles. The molecule has 1 aliphatic rings. The number of halogens is 3. The molecule has 1 saturated heterocycles. The van der Waals surface area contributed by atoms with E-state index in [0.717, 1.165) is 18.7 Å². The quantitative estimate of drug-likeness (QED) is 0.854. The summed E-state index contributed by atoms with van der Waals surface area (Å²) in [6.45, 7) is 1.82. The third-order valence-corrected chi connectivity index (χ3v) is 2.84. The van der Waals surface area contributed by atoms with Gasteiger partial charge < -0.3 is 10.6 Å². The number of nitrogens with two attached hydrogens (primary N) is 1. The van der Waals surface area contributed by atoms with Gasteiger partial charge in [-0.3, -0.25) is 0 Å². The number of aromatic nitrogens is 2. The van der Waals surface area contributed by atoms with Crippen molar-refractivity contribution in [2.24, 2.45) is 11.7 Å². The van der Waals surface area contributed by atoms with E-state index >= 15 is 0 Å². The SMILES string of the molecule is NCC1CCN(c2nccc(C(F)(F)F)n2)C1. The summed E-state index contributed by atoms with van der Waals surface area (Å²) in [7, 11) is 0. The van der Waals surface area contributed by atoms with Gasteiger partial charge in [0.1, 0.15) is 5.69 Å². The lowest BCUT2D eigenvalue weighted by atomic mass is 10.1. The van der Waals surface area contributed by atoms with Crippen molar-refractivity contribution >= 4 is 5.95 Å². The van der Waals surface area contributed by atoms with Crippen LogP contribution in [0.25, 0.3) is 0 Å². The van der Waals surface area contributed by atoms with Gasteiger partial charge in [-0.05, 0) is 24.9 Å². The van der Waals surface area contributed by atoms with Gasteiger partial charge in [0.05, 0.1) is 0 Å². The average Bonchev–Trinajstić information content (AvgIpc) is 2.76. The Morgan fingerprint density at radius 1 is 1.47 bits per heavy atom. The molecule has 0 amide bonds. The van der Waals surface area contributed by atoms with E-state index in [0.29, 0.717) is 25.6 Å². The highest BCUT2D eigenvalue weighted by molar-refractivity contribution is 5.32. The Bertz CT molecular complexity index is 393. The fourth-order valence-corrected chi connectivity index (χ4v) is 1.87. The van der Waals surface area contributed by atoms with Crippen LogP contribution >= 0.6 is 0 Å². The molecule has 0 bridgehead atoms. The van der Waals surface area contributed by atoms with Crippen molar-refractivity contribution < 1.29 is 13.2 Å². The maximum absolute atomic E-state index is 12.5. The van der Waals surface area contributed by atoms with E-state index in [4.69, 9.17) is 5.73 Å². The van der Waals surface area contributed by atoms with Gasteiger partial charge in [0.25, 0.3) is 0 Å². The van der Waals surface area contributed by atoms with Crippen LogP contribution in [-0.4, -0.2) is 29.6 Å². The summed E-state index contributed by atoms with van der Waals surface area (Å²) < 4.78 is 37.4. The fraction of sp³-hybridized carbons (Fsp3) is 0.600. The predicted octanol–water partition coefficient (Wildman–Crippen LogP) is 1.28. The van der Waals surface area contributed by atoms with E-state index in [2.05, 4.69) is 9.97 Å². The van der Waals surface area contributed by atoms with Gasteiger partial charge >= 0.3 is 6.18 Å². The number of alkyl halides is 3. The minimum atomic E-state index is -4.43. The standard InChI is InChI=1S/C10H13F3N4/c11-10(12,13)8-1-3-15-9(16-8)17-4-2-7(5-14)6-17/h1,3,7H,2,4-6,14H2. The molecule has 2 heterocycles. The zero-order chi connectivity index (χ0) is 12.5. The lowest BCUT2D eigenvalue weighted by molar-refractivity contribution is -0.141. The molecule has 4 nitrogen and oxygen atoms in total. The van der Waals surface area contributed by atoms with Crippen molar-refractivity contribution in [2.75, 3.05) is 24.5 Å². The Morgan fingerprint density at radius 2 is 2.24 bits per heavy atom. The third-order valence-electron chi connectivity index (χ3n) is 2.84. The van der Waals surface area contributed by atoms with Gasteiger partial charge in [0.2, 0.25) is 5.95 Å². The van der Waals surface area contributed by atoms with Crippen LogP contribution in [0.2, 0.25) is 0 Å². The summed E-state index contributed by atoms with van der Waals surface area (Å²) in [5, 5.41) is 0. The van der Waals surface area contributed by atoms with Crippen LogP contribution in [0.1, 0.15) is 12.1 Å². The summed E-state index contributed by atoms with van der Waals surface area (Å²) in [5.74, 6) is 0.448. The molecule has 17 heavy (non-hydrogen) atoms. The minimum Gasteiger partial charge on any atom is -0.340 e. The molecule has 1 fully saturated rings. The van der Waals surface area contributed by atoms with E-state index in [1.165, 1.54) is 0 Å². The van der Waals surface area contributed by atoms with E-state index in [1.807, 2.05) is 0 Å². The second-order valence-electron chi connectivity index (χ2n) is 4.08. The lowest BCUT2D eigenvalue weighted by Crippen LogP contribution is -2.25. The molecular weight excluding hydrogens is 233 g/mol. The summed E-state index contributed by atoms with van der Waals surface area (Å²) in [5.41, 5.74) is 4.62. The molecular formula is C10H13F3N4. The predicted molar refractivity (Wildman–Crippen MR) is 56.4 cm³/mol. The zero-order valence-corrected chi connectivity index (χ0v) is 9.11. The van der Waals surface area contributed by atoms with Crippen LogP contribution in [0.5, 0.6) is 0 Å². The molecule has 0 saturated carbocycles. The number of hydrogen-bond donors (Lipinski definition) is 1. The largest absolute Gasteiger partial charge is 0.433 e. The van der Waals surface area contributed by atoms with Gasteiger partial charge in [-0.15, -0.1) is 0 Å². The smallest absolute Gasteiger partial charge is 0.340 e.